The summed E-state index contributed by atoms with van der Waals surface area (Å²) >= 11 is 0. The molecule has 0 bridgehead atoms. The molecule has 0 aliphatic heterocycles. The van der Waals surface area contributed by atoms with Crippen molar-refractivity contribution in [2.75, 3.05) is 26.3 Å². The molecule has 1 aromatic carbocycles. The van der Waals surface area contributed by atoms with Crippen molar-refractivity contribution in [2.24, 2.45) is 0 Å². The minimum Gasteiger partial charge on any atom is -0.492 e. The van der Waals surface area contributed by atoms with E-state index >= 15 is 0 Å². The monoisotopic (exact) mass is 376 g/mol. The summed E-state index contributed by atoms with van der Waals surface area (Å²) in [6, 6.07) is 7.83. The molecule has 0 aliphatic carbocycles. The first-order chi connectivity index (χ1) is 13.0. The van der Waals surface area contributed by atoms with Gasteiger partial charge in [0.25, 0.3) is 0 Å². The standard InChI is InChI=1S/C20H28N2O5/c1-14-3-5-18(6-4-14)26-8-7-21-10-17(25)13-27-20-15(2)22-9-16(11-23)19(20)12-24/h3-6,9,17,21,23-25H,7-8,10-13H2,1-2H3. The third kappa shape index (κ3) is 6.48. The van der Waals surface area contributed by atoms with Crippen LogP contribution in [0.2, 0.25) is 0 Å². The molecule has 2 aromatic rings. The predicted molar refractivity (Wildman–Crippen MR) is 102 cm³/mol. The number of ether oxygens (including phenoxy) is 2. The maximum atomic E-state index is 10.1. The van der Waals surface area contributed by atoms with Crippen molar-refractivity contribution in [2.45, 2.75) is 33.2 Å². The van der Waals surface area contributed by atoms with Gasteiger partial charge >= 0.3 is 0 Å². The minimum atomic E-state index is -0.729. The van der Waals surface area contributed by atoms with E-state index in [9.17, 15) is 15.3 Å². The summed E-state index contributed by atoms with van der Waals surface area (Å²) in [5, 5.41) is 32.0. The molecule has 0 radical (unpaired) electrons. The highest BCUT2D eigenvalue weighted by Crippen LogP contribution is 2.25. The highest BCUT2D eigenvalue weighted by atomic mass is 16.5. The van der Waals surface area contributed by atoms with E-state index in [0.717, 1.165) is 5.75 Å². The largest absolute Gasteiger partial charge is 0.492 e. The van der Waals surface area contributed by atoms with Crippen molar-refractivity contribution in [3.05, 3.63) is 52.8 Å². The van der Waals surface area contributed by atoms with E-state index < -0.39 is 6.10 Å². The molecule has 0 saturated heterocycles. The van der Waals surface area contributed by atoms with Gasteiger partial charge in [0.1, 0.15) is 30.8 Å². The average molecular weight is 376 g/mol. The van der Waals surface area contributed by atoms with Crippen LogP contribution in [0.4, 0.5) is 0 Å². The first-order valence-corrected chi connectivity index (χ1v) is 8.95. The van der Waals surface area contributed by atoms with Gasteiger partial charge < -0.3 is 30.1 Å². The van der Waals surface area contributed by atoms with E-state index in [2.05, 4.69) is 10.3 Å². The number of nitrogens with one attached hydrogen (secondary N) is 1. The summed E-state index contributed by atoms with van der Waals surface area (Å²) in [5.41, 5.74) is 2.79. The van der Waals surface area contributed by atoms with Gasteiger partial charge in [-0.25, -0.2) is 0 Å². The van der Waals surface area contributed by atoms with Gasteiger partial charge in [0.15, 0.2) is 0 Å². The molecule has 0 aliphatic rings. The Labute approximate surface area is 159 Å². The van der Waals surface area contributed by atoms with Gasteiger partial charge in [-0.2, -0.15) is 0 Å². The Kier molecular flexibility index (Phi) is 8.47. The molecule has 0 saturated carbocycles. The van der Waals surface area contributed by atoms with Crippen LogP contribution in [0.25, 0.3) is 0 Å². The number of hydrogen-bond donors (Lipinski definition) is 4. The quantitative estimate of drug-likeness (QED) is 0.435. The highest BCUT2D eigenvalue weighted by molar-refractivity contribution is 5.41. The van der Waals surface area contributed by atoms with E-state index in [1.165, 1.54) is 11.8 Å². The molecule has 2 rings (SSSR count). The summed E-state index contributed by atoms with van der Waals surface area (Å²) in [6.45, 7) is 4.76. The number of benzene rings is 1. The molecule has 0 fully saturated rings. The summed E-state index contributed by atoms with van der Waals surface area (Å²) in [5.74, 6) is 1.22. The molecule has 148 valence electrons. The molecule has 1 heterocycles. The van der Waals surface area contributed by atoms with Crippen LogP contribution in [0.3, 0.4) is 0 Å². The zero-order valence-electron chi connectivity index (χ0n) is 15.8. The number of rotatable bonds is 11. The average Bonchev–Trinajstić information content (AvgIpc) is 2.67. The smallest absolute Gasteiger partial charge is 0.146 e. The summed E-state index contributed by atoms with van der Waals surface area (Å²) in [7, 11) is 0. The summed E-state index contributed by atoms with van der Waals surface area (Å²) in [4.78, 5) is 4.15. The van der Waals surface area contributed by atoms with Crippen molar-refractivity contribution in [1.82, 2.24) is 10.3 Å². The molecule has 0 spiro atoms. The Morgan fingerprint density at radius 2 is 1.81 bits per heavy atom. The van der Waals surface area contributed by atoms with Gasteiger partial charge in [-0.3, -0.25) is 4.98 Å². The topological polar surface area (TPSA) is 104 Å². The molecular weight excluding hydrogens is 348 g/mol. The zero-order valence-corrected chi connectivity index (χ0v) is 15.8. The number of aliphatic hydroxyl groups excluding tert-OH is 3. The molecule has 0 amide bonds. The van der Waals surface area contributed by atoms with Crippen LogP contribution in [0.5, 0.6) is 11.5 Å². The second-order valence-corrected chi connectivity index (χ2v) is 6.32. The summed E-state index contributed by atoms with van der Waals surface area (Å²) in [6.07, 6.45) is 0.785. The molecule has 1 aromatic heterocycles. The van der Waals surface area contributed by atoms with Gasteiger partial charge in [0.2, 0.25) is 0 Å². The van der Waals surface area contributed by atoms with Crippen molar-refractivity contribution >= 4 is 0 Å². The number of aryl methyl sites for hydroxylation is 2. The summed E-state index contributed by atoms with van der Waals surface area (Å²) < 4.78 is 11.3. The Morgan fingerprint density at radius 1 is 1.07 bits per heavy atom. The van der Waals surface area contributed by atoms with Crippen LogP contribution in [0.1, 0.15) is 22.4 Å². The second-order valence-electron chi connectivity index (χ2n) is 6.32. The van der Waals surface area contributed by atoms with E-state index in [0.29, 0.717) is 42.3 Å². The lowest BCUT2D eigenvalue weighted by Gasteiger charge is -2.18. The fraction of sp³-hybridized carbons (Fsp3) is 0.450. The van der Waals surface area contributed by atoms with Crippen molar-refractivity contribution < 1.29 is 24.8 Å². The number of nitrogens with zero attached hydrogens (tertiary/aromatic N) is 1. The lowest BCUT2D eigenvalue weighted by molar-refractivity contribution is 0.103. The number of hydrogen-bond acceptors (Lipinski definition) is 7. The normalized spacial score (nSPS) is 12.0. The Morgan fingerprint density at radius 3 is 2.48 bits per heavy atom. The molecule has 1 unspecified atom stereocenters. The van der Waals surface area contributed by atoms with E-state index in [4.69, 9.17) is 9.47 Å². The van der Waals surface area contributed by atoms with Crippen LogP contribution in [-0.4, -0.2) is 52.7 Å². The molecule has 4 N–H and O–H groups in total. The fourth-order valence-corrected chi connectivity index (χ4v) is 2.56. The molecule has 7 heteroatoms. The predicted octanol–water partition coefficient (Wildman–Crippen LogP) is 1.09. The lowest BCUT2D eigenvalue weighted by atomic mass is 10.1. The van der Waals surface area contributed by atoms with E-state index in [1.807, 2.05) is 31.2 Å². The van der Waals surface area contributed by atoms with Crippen LogP contribution >= 0.6 is 0 Å². The maximum absolute atomic E-state index is 10.1. The maximum Gasteiger partial charge on any atom is 0.146 e. The first kappa shape index (κ1) is 21.1. The van der Waals surface area contributed by atoms with Crippen LogP contribution in [0, 0.1) is 13.8 Å². The number of pyridine rings is 1. The number of aliphatic hydroxyl groups is 3. The SMILES string of the molecule is Cc1ccc(OCCNCC(O)COc2c(C)ncc(CO)c2CO)cc1. The lowest BCUT2D eigenvalue weighted by Crippen LogP contribution is -2.34. The third-order valence-corrected chi connectivity index (χ3v) is 4.10. The first-order valence-electron chi connectivity index (χ1n) is 8.95. The van der Waals surface area contributed by atoms with Gasteiger partial charge in [0.05, 0.1) is 18.9 Å². The Hall–Kier alpha value is -2.19. The van der Waals surface area contributed by atoms with Gasteiger partial charge in [-0.1, -0.05) is 17.7 Å². The van der Waals surface area contributed by atoms with Crippen LogP contribution in [-0.2, 0) is 13.2 Å². The second kappa shape index (κ2) is 10.8. The van der Waals surface area contributed by atoms with Gasteiger partial charge in [-0.15, -0.1) is 0 Å². The van der Waals surface area contributed by atoms with E-state index in [-0.39, 0.29) is 19.8 Å². The van der Waals surface area contributed by atoms with Gasteiger partial charge in [0, 0.05) is 30.4 Å². The Balaban J connectivity index is 1.72. The van der Waals surface area contributed by atoms with Gasteiger partial charge in [-0.05, 0) is 26.0 Å². The van der Waals surface area contributed by atoms with Crippen molar-refractivity contribution in [3.63, 3.8) is 0 Å². The minimum absolute atomic E-state index is 0.0518. The molecular formula is C20H28N2O5. The zero-order chi connectivity index (χ0) is 19.6. The van der Waals surface area contributed by atoms with Crippen LogP contribution < -0.4 is 14.8 Å². The van der Waals surface area contributed by atoms with Crippen LogP contribution in [0.15, 0.2) is 30.5 Å². The van der Waals surface area contributed by atoms with E-state index in [1.54, 1.807) is 6.92 Å². The molecule has 1 atom stereocenters. The number of aromatic nitrogens is 1. The third-order valence-electron chi connectivity index (χ3n) is 4.10. The fourth-order valence-electron chi connectivity index (χ4n) is 2.56. The van der Waals surface area contributed by atoms with Crippen molar-refractivity contribution in [1.29, 1.82) is 0 Å². The molecule has 27 heavy (non-hydrogen) atoms. The Bertz CT molecular complexity index is 706. The highest BCUT2D eigenvalue weighted by Gasteiger charge is 2.14. The van der Waals surface area contributed by atoms with Crippen molar-refractivity contribution in [3.8, 4) is 11.5 Å². The molecule has 7 nitrogen and oxygen atoms in total.